The molecular weight excluding hydrogens is 256 g/mol. The van der Waals surface area contributed by atoms with Gasteiger partial charge >= 0.3 is 12.0 Å². The van der Waals surface area contributed by atoms with Crippen molar-refractivity contribution in [2.45, 2.75) is 25.8 Å². The van der Waals surface area contributed by atoms with Crippen LogP contribution in [0.25, 0.3) is 0 Å². The summed E-state index contributed by atoms with van der Waals surface area (Å²) in [7, 11) is 0. The molecule has 0 radical (unpaired) electrons. The topological polar surface area (TPSA) is 69.6 Å². The Labute approximate surface area is 117 Å². The summed E-state index contributed by atoms with van der Waals surface area (Å²) < 4.78 is 0. The van der Waals surface area contributed by atoms with Gasteiger partial charge in [0.05, 0.1) is 5.56 Å². The Morgan fingerprint density at radius 1 is 1.50 bits per heavy atom. The van der Waals surface area contributed by atoms with E-state index in [9.17, 15) is 9.59 Å². The van der Waals surface area contributed by atoms with E-state index in [1.165, 1.54) is 6.07 Å². The van der Waals surface area contributed by atoms with E-state index < -0.39 is 5.97 Å². The third-order valence-corrected chi connectivity index (χ3v) is 3.39. The molecule has 0 aromatic heterocycles. The summed E-state index contributed by atoms with van der Waals surface area (Å²) in [6, 6.07) is 4.60. The van der Waals surface area contributed by atoms with E-state index in [1.807, 2.05) is 6.92 Å². The fourth-order valence-electron chi connectivity index (χ4n) is 2.27. The number of carboxylic acid groups (broad SMARTS) is 1. The molecule has 2 rings (SSSR count). The maximum atomic E-state index is 12.2. The molecule has 0 fully saturated rings. The van der Waals surface area contributed by atoms with Gasteiger partial charge in [0, 0.05) is 18.3 Å². The molecule has 1 aromatic rings. The van der Waals surface area contributed by atoms with Crippen molar-refractivity contribution in [1.82, 2.24) is 5.32 Å². The number of nitrogens with one attached hydrogen (secondary N) is 1. The highest BCUT2D eigenvalue weighted by molar-refractivity contribution is 5.95. The Kier molecular flexibility index (Phi) is 4.08. The molecule has 1 aliphatic heterocycles. The number of fused-ring (bicyclic) bond motifs is 1. The average molecular weight is 274 g/mol. The van der Waals surface area contributed by atoms with Gasteiger partial charge in [-0.15, -0.1) is 6.58 Å². The first-order valence-corrected chi connectivity index (χ1v) is 6.59. The molecule has 0 saturated carbocycles. The minimum atomic E-state index is -0.949. The molecule has 0 bridgehead atoms. The first kappa shape index (κ1) is 14.1. The van der Waals surface area contributed by atoms with Gasteiger partial charge in [-0.2, -0.15) is 0 Å². The average Bonchev–Trinajstić information content (AvgIpc) is 2.45. The molecule has 1 unspecified atom stereocenters. The minimum absolute atomic E-state index is 0.105. The Bertz CT molecular complexity index is 554. The van der Waals surface area contributed by atoms with Gasteiger partial charge in [0.25, 0.3) is 0 Å². The first-order chi connectivity index (χ1) is 9.52. The number of carboxylic acids is 1. The molecule has 5 heteroatoms. The van der Waals surface area contributed by atoms with Gasteiger partial charge in [0.15, 0.2) is 0 Å². The van der Waals surface area contributed by atoms with Crippen LogP contribution >= 0.6 is 0 Å². The van der Waals surface area contributed by atoms with Gasteiger partial charge in [-0.3, -0.25) is 4.90 Å². The van der Waals surface area contributed by atoms with Crippen LogP contribution in [-0.4, -0.2) is 29.7 Å². The normalized spacial score (nSPS) is 15.2. The van der Waals surface area contributed by atoms with E-state index in [4.69, 9.17) is 5.11 Å². The van der Waals surface area contributed by atoms with Crippen molar-refractivity contribution in [3.63, 3.8) is 0 Å². The third-order valence-electron chi connectivity index (χ3n) is 3.39. The minimum Gasteiger partial charge on any atom is -0.478 e. The van der Waals surface area contributed by atoms with Crippen LogP contribution in [0.4, 0.5) is 10.5 Å². The number of benzene rings is 1. The zero-order valence-electron chi connectivity index (χ0n) is 11.4. The van der Waals surface area contributed by atoms with Crippen molar-refractivity contribution in [2.75, 3.05) is 11.4 Å². The summed E-state index contributed by atoms with van der Waals surface area (Å²) in [5.74, 6) is -0.949. The molecule has 0 saturated heterocycles. The predicted octanol–water partition coefficient (Wildman–Crippen LogP) is 2.42. The molecule has 20 heavy (non-hydrogen) atoms. The van der Waals surface area contributed by atoms with Gasteiger partial charge in [-0.25, -0.2) is 9.59 Å². The van der Waals surface area contributed by atoms with E-state index in [0.29, 0.717) is 6.54 Å². The standard InChI is InChI=1S/C15H18N2O3/c1-3-10(2)16-15(20)17-8-4-5-11-9-12(14(18)19)6-7-13(11)17/h3,6-7,9-10H,1,4-5,8H2,2H3,(H,16,20)(H,18,19). The van der Waals surface area contributed by atoms with Crippen molar-refractivity contribution in [3.05, 3.63) is 42.0 Å². The Morgan fingerprint density at radius 2 is 2.25 bits per heavy atom. The molecule has 2 N–H and O–H groups in total. The fourth-order valence-corrected chi connectivity index (χ4v) is 2.27. The maximum absolute atomic E-state index is 12.2. The quantitative estimate of drug-likeness (QED) is 0.832. The van der Waals surface area contributed by atoms with Crippen LogP contribution in [-0.2, 0) is 6.42 Å². The lowest BCUT2D eigenvalue weighted by Crippen LogP contribution is -2.45. The highest BCUT2D eigenvalue weighted by Crippen LogP contribution is 2.28. The van der Waals surface area contributed by atoms with Gasteiger partial charge in [0.1, 0.15) is 0 Å². The van der Waals surface area contributed by atoms with Crippen molar-refractivity contribution in [3.8, 4) is 0 Å². The number of hydrogen-bond acceptors (Lipinski definition) is 2. The predicted molar refractivity (Wildman–Crippen MR) is 77.3 cm³/mol. The van der Waals surface area contributed by atoms with Crippen molar-refractivity contribution < 1.29 is 14.7 Å². The molecule has 2 amide bonds. The number of amides is 2. The lowest BCUT2D eigenvalue weighted by atomic mass is 9.99. The van der Waals surface area contributed by atoms with Crippen LogP contribution < -0.4 is 10.2 Å². The summed E-state index contributed by atoms with van der Waals surface area (Å²) in [5, 5.41) is 11.8. The van der Waals surface area contributed by atoms with Crippen LogP contribution in [0.3, 0.4) is 0 Å². The molecule has 1 heterocycles. The third kappa shape index (κ3) is 2.82. The van der Waals surface area contributed by atoms with Crippen LogP contribution in [0, 0.1) is 0 Å². The number of nitrogens with zero attached hydrogens (tertiary/aromatic N) is 1. The van der Waals surface area contributed by atoms with Gasteiger partial charge < -0.3 is 10.4 Å². The summed E-state index contributed by atoms with van der Waals surface area (Å²) in [6.45, 7) is 6.12. The number of anilines is 1. The number of carbonyl (C=O) groups excluding carboxylic acids is 1. The van der Waals surface area contributed by atoms with E-state index >= 15 is 0 Å². The van der Waals surface area contributed by atoms with Crippen molar-refractivity contribution in [1.29, 1.82) is 0 Å². The van der Waals surface area contributed by atoms with Crippen molar-refractivity contribution >= 4 is 17.7 Å². The fraction of sp³-hybridized carbons (Fsp3) is 0.333. The Hall–Kier alpha value is -2.30. The van der Waals surface area contributed by atoms with Crippen LogP contribution in [0.2, 0.25) is 0 Å². The summed E-state index contributed by atoms with van der Waals surface area (Å²) in [4.78, 5) is 24.8. The highest BCUT2D eigenvalue weighted by Gasteiger charge is 2.23. The number of urea groups is 1. The smallest absolute Gasteiger partial charge is 0.335 e. The monoisotopic (exact) mass is 274 g/mol. The van der Waals surface area contributed by atoms with Crippen LogP contribution in [0.5, 0.6) is 0 Å². The van der Waals surface area contributed by atoms with E-state index in [-0.39, 0.29) is 17.6 Å². The second kappa shape index (κ2) is 5.77. The number of carbonyl (C=O) groups is 2. The largest absolute Gasteiger partial charge is 0.478 e. The zero-order chi connectivity index (χ0) is 14.7. The zero-order valence-corrected chi connectivity index (χ0v) is 11.4. The van der Waals surface area contributed by atoms with E-state index in [0.717, 1.165) is 24.1 Å². The lowest BCUT2D eigenvalue weighted by molar-refractivity contribution is 0.0696. The maximum Gasteiger partial charge on any atom is 0.335 e. The molecular formula is C15H18N2O3. The second-order valence-electron chi connectivity index (χ2n) is 4.88. The molecule has 5 nitrogen and oxygen atoms in total. The van der Waals surface area contributed by atoms with E-state index in [1.54, 1.807) is 23.1 Å². The molecule has 0 spiro atoms. The second-order valence-corrected chi connectivity index (χ2v) is 4.88. The molecule has 1 aliphatic rings. The first-order valence-electron chi connectivity index (χ1n) is 6.59. The molecule has 1 aromatic carbocycles. The van der Waals surface area contributed by atoms with Gasteiger partial charge in [-0.1, -0.05) is 6.08 Å². The van der Waals surface area contributed by atoms with Crippen molar-refractivity contribution in [2.24, 2.45) is 0 Å². The summed E-state index contributed by atoms with van der Waals surface area (Å²) >= 11 is 0. The molecule has 106 valence electrons. The SMILES string of the molecule is C=CC(C)NC(=O)N1CCCc2cc(C(=O)O)ccc21. The van der Waals surface area contributed by atoms with Crippen LogP contribution in [0.15, 0.2) is 30.9 Å². The van der Waals surface area contributed by atoms with Gasteiger partial charge in [-0.05, 0) is 43.5 Å². The Morgan fingerprint density at radius 3 is 2.90 bits per heavy atom. The number of aryl methyl sites for hydroxylation is 1. The molecule has 1 atom stereocenters. The number of rotatable bonds is 3. The number of hydrogen-bond donors (Lipinski definition) is 2. The van der Waals surface area contributed by atoms with E-state index in [2.05, 4.69) is 11.9 Å². The lowest BCUT2D eigenvalue weighted by Gasteiger charge is -2.30. The summed E-state index contributed by atoms with van der Waals surface area (Å²) in [5.41, 5.74) is 1.94. The Balaban J connectivity index is 2.26. The highest BCUT2D eigenvalue weighted by atomic mass is 16.4. The van der Waals surface area contributed by atoms with Gasteiger partial charge in [0.2, 0.25) is 0 Å². The molecule has 0 aliphatic carbocycles. The number of aromatic carboxylic acids is 1. The van der Waals surface area contributed by atoms with Crippen LogP contribution in [0.1, 0.15) is 29.3 Å². The summed E-state index contributed by atoms with van der Waals surface area (Å²) in [6.07, 6.45) is 3.28.